The average Bonchev–Trinajstić information content (AvgIpc) is 2.84. The first kappa shape index (κ1) is 13.9. The van der Waals surface area contributed by atoms with Gasteiger partial charge < -0.3 is 0 Å². The molecular formula is C15H10Cl2N4. The molecule has 4 nitrogen and oxygen atoms in total. The zero-order valence-electron chi connectivity index (χ0n) is 11.1. The Kier molecular flexibility index (Phi) is 3.54. The number of aromatic nitrogens is 3. The monoisotopic (exact) mass is 316 g/mol. The third-order valence-electron chi connectivity index (χ3n) is 3.14. The molecule has 0 unspecified atom stereocenters. The normalized spacial score (nSPS) is 10.8. The highest BCUT2D eigenvalue weighted by atomic mass is 35.5. The maximum Gasteiger partial charge on any atom is 0.164 e. The van der Waals surface area contributed by atoms with E-state index in [0.717, 1.165) is 11.1 Å². The molecule has 0 saturated heterocycles. The van der Waals surface area contributed by atoms with Crippen molar-refractivity contribution in [2.24, 2.45) is 0 Å². The van der Waals surface area contributed by atoms with Crippen molar-refractivity contribution >= 4 is 34.4 Å². The Hall–Kier alpha value is -2.09. The van der Waals surface area contributed by atoms with Crippen LogP contribution in [0.25, 0.3) is 16.9 Å². The minimum absolute atomic E-state index is 0.242. The molecule has 0 atom stereocenters. The Morgan fingerprint density at radius 1 is 1.33 bits per heavy atom. The zero-order chi connectivity index (χ0) is 15.0. The van der Waals surface area contributed by atoms with E-state index in [1.54, 1.807) is 24.4 Å². The fourth-order valence-electron chi connectivity index (χ4n) is 2.21. The van der Waals surface area contributed by atoms with Gasteiger partial charge >= 0.3 is 0 Å². The molecule has 0 fully saturated rings. The topological polar surface area (TPSA) is 54.5 Å². The van der Waals surface area contributed by atoms with Gasteiger partial charge in [0.25, 0.3) is 0 Å². The third-order valence-corrected chi connectivity index (χ3v) is 3.68. The van der Waals surface area contributed by atoms with Crippen LogP contribution in [-0.2, 0) is 5.88 Å². The molecule has 0 N–H and O–H groups in total. The second-order valence-electron chi connectivity index (χ2n) is 4.63. The van der Waals surface area contributed by atoms with E-state index in [0.29, 0.717) is 27.7 Å². The molecule has 1 aromatic carbocycles. The number of rotatable bonds is 2. The molecular weight excluding hydrogens is 307 g/mol. The van der Waals surface area contributed by atoms with Crippen molar-refractivity contribution in [1.29, 1.82) is 5.26 Å². The average molecular weight is 317 g/mol. The standard InChI is InChI=1S/C15H10Cl2N4/c1-9-4-12-15(19-8-9)21(14(6-16)20-12)13-3-2-10(7-18)5-11(13)17/h2-5,8H,6H2,1H3. The minimum atomic E-state index is 0.242. The van der Waals surface area contributed by atoms with Gasteiger partial charge in [0.15, 0.2) is 5.65 Å². The molecule has 0 spiro atoms. The van der Waals surface area contributed by atoms with Crippen molar-refractivity contribution in [3.05, 3.63) is 52.4 Å². The molecule has 0 amide bonds. The first-order chi connectivity index (χ1) is 10.1. The number of nitriles is 1. The second kappa shape index (κ2) is 5.36. The Bertz CT molecular complexity index is 877. The molecule has 0 bridgehead atoms. The lowest BCUT2D eigenvalue weighted by Gasteiger charge is -2.09. The molecule has 0 radical (unpaired) electrons. The number of benzene rings is 1. The lowest BCUT2D eigenvalue weighted by atomic mass is 10.2. The highest BCUT2D eigenvalue weighted by molar-refractivity contribution is 6.32. The van der Waals surface area contributed by atoms with Crippen LogP contribution in [0.3, 0.4) is 0 Å². The van der Waals surface area contributed by atoms with E-state index >= 15 is 0 Å². The summed E-state index contributed by atoms with van der Waals surface area (Å²) >= 11 is 12.3. The van der Waals surface area contributed by atoms with E-state index < -0.39 is 0 Å². The Labute approximate surface area is 131 Å². The number of imidazole rings is 1. The van der Waals surface area contributed by atoms with Gasteiger partial charge in [-0.25, -0.2) is 9.97 Å². The molecule has 3 aromatic rings. The van der Waals surface area contributed by atoms with Crippen LogP contribution in [0.15, 0.2) is 30.5 Å². The third kappa shape index (κ3) is 2.35. The molecule has 2 aromatic heterocycles. The van der Waals surface area contributed by atoms with Crippen molar-refractivity contribution in [3.8, 4) is 11.8 Å². The molecule has 0 aliphatic rings. The first-order valence-electron chi connectivity index (χ1n) is 6.24. The predicted octanol–water partition coefficient (Wildman–Crippen LogP) is 3.99. The summed E-state index contributed by atoms with van der Waals surface area (Å²) in [6.07, 6.45) is 1.77. The van der Waals surface area contributed by atoms with Crippen molar-refractivity contribution in [1.82, 2.24) is 14.5 Å². The van der Waals surface area contributed by atoms with Crippen molar-refractivity contribution in [2.75, 3.05) is 0 Å². The summed E-state index contributed by atoms with van der Waals surface area (Å²) in [6, 6.07) is 9.12. The van der Waals surface area contributed by atoms with E-state index in [4.69, 9.17) is 28.5 Å². The highest BCUT2D eigenvalue weighted by Gasteiger charge is 2.15. The first-order valence-corrected chi connectivity index (χ1v) is 7.15. The van der Waals surface area contributed by atoms with Crippen LogP contribution < -0.4 is 0 Å². The Morgan fingerprint density at radius 2 is 2.14 bits per heavy atom. The maximum atomic E-state index is 8.93. The van der Waals surface area contributed by atoms with Crippen LogP contribution in [-0.4, -0.2) is 14.5 Å². The molecule has 0 saturated carbocycles. The van der Waals surface area contributed by atoms with Crippen molar-refractivity contribution < 1.29 is 0 Å². The van der Waals surface area contributed by atoms with Gasteiger partial charge in [0.2, 0.25) is 0 Å². The smallest absolute Gasteiger partial charge is 0.164 e. The van der Waals surface area contributed by atoms with Crippen molar-refractivity contribution in [2.45, 2.75) is 12.8 Å². The fourth-order valence-corrected chi connectivity index (χ4v) is 2.66. The molecule has 0 aliphatic carbocycles. The lowest BCUT2D eigenvalue weighted by molar-refractivity contribution is 0.969. The lowest BCUT2D eigenvalue weighted by Crippen LogP contribution is -2.01. The van der Waals surface area contributed by atoms with Gasteiger partial charge in [-0.3, -0.25) is 4.57 Å². The molecule has 104 valence electrons. The predicted molar refractivity (Wildman–Crippen MR) is 82.9 cm³/mol. The minimum Gasteiger partial charge on any atom is -0.278 e. The molecule has 0 aliphatic heterocycles. The molecule has 6 heteroatoms. The van der Waals surface area contributed by atoms with Crippen LogP contribution in [0.4, 0.5) is 0 Å². The number of alkyl halides is 1. The van der Waals surface area contributed by atoms with Crippen LogP contribution in [0.2, 0.25) is 5.02 Å². The van der Waals surface area contributed by atoms with E-state index in [1.165, 1.54) is 0 Å². The van der Waals surface area contributed by atoms with Crippen LogP contribution in [0.1, 0.15) is 17.0 Å². The number of halogens is 2. The van der Waals surface area contributed by atoms with Gasteiger partial charge in [-0.1, -0.05) is 11.6 Å². The van der Waals surface area contributed by atoms with Crippen LogP contribution in [0.5, 0.6) is 0 Å². The van der Waals surface area contributed by atoms with Gasteiger partial charge in [-0.05, 0) is 36.8 Å². The van der Waals surface area contributed by atoms with E-state index in [2.05, 4.69) is 16.0 Å². The van der Waals surface area contributed by atoms with Gasteiger partial charge in [0.1, 0.15) is 11.3 Å². The van der Waals surface area contributed by atoms with Crippen LogP contribution >= 0.6 is 23.2 Å². The largest absolute Gasteiger partial charge is 0.278 e. The Balaban J connectivity index is 2.31. The molecule has 3 rings (SSSR count). The van der Waals surface area contributed by atoms with E-state index in [9.17, 15) is 0 Å². The van der Waals surface area contributed by atoms with Gasteiger partial charge in [0, 0.05) is 6.20 Å². The van der Waals surface area contributed by atoms with Gasteiger partial charge in [0.05, 0.1) is 28.2 Å². The maximum absolute atomic E-state index is 8.93. The summed E-state index contributed by atoms with van der Waals surface area (Å²) in [5.74, 6) is 0.905. The number of pyridine rings is 1. The number of aryl methyl sites for hydroxylation is 1. The molecule has 2 heterocycles. The summed E-state index contributed by atoms with van der Waals surface area (Å²) in [6.45, 7) is 1.96. The molecule has 21 heavy (non-hydrogen) atoms. The summed E-state index contributed by atoms with van der Waals surface area (Å²) < 4.78 is 1.82. The number of hydrogen-bond acceptors (Lipinski definition) is 3. The zero-order valence-corrected chi connectivity index (χ0v) is 12.7. The van der Waals surface area contributed by atoms with Crippen LogP contribution in [0, 0.1) is 18.3 Å². The summed E-state index contributed by atoms with van der Waals surface area (Å²) in [7, 11) is 0. The second-order valence-corrected chi connectivity index (χ2v) is 5.30. The quantitative estimate of drug-likeness (QED) is 0.672. The number of fused-ring (bicyclic) bond motifs is 1. The number of nitrogens with zero attached hydrogens (tertiary/aromatic N) is 4. The van der Waals surface area contributed by atoms with E-state index in [1.807, 2.05) is 17.6 Å². The summed E-state index contributed by atoms with van der Waals surface area (Å²) in [4.78, 5) is 8.92. The summed E-state index contributed by atoms with van der Waals surface area (Å²) in [5.41, 5.74) is 3.71. The van der Waals surface area contributed by atoms with Crippen molar-refractivity contribution in [3.63, 3.8) is 0 Å². The Morgan fingerprint density at radius 3 is 2.81 bits per heavy atom. The summed E-state index contributed by atoms with van der Waals surface area (Å²) in [5, 5.41) is 9.39. The van der Waals surface area contributed by atoms with Gasteiger partial charge in [-0.2, -0.15) is 5.26 Å². The SMILES string of the molecule is Cc1cnc2c(c1)nc(CCl)n2-c1ccc(C#N)cc1Cl. The number of hydrogen-bond donors (Lipinski definition) is 0. The van der Waals surface area contributed by atoms with E-state index in [-0.39, 0.29) is 5.88 Å². The van der Waals surface area contributed by atoms with Gasteiger partial charge in [-0.15, -0.1) is 11.6 Å². The highest BCUT2D eigenvalue weighted by Crippen LogP contribution is 2.27. The fraction of sp³-hybridized carbons (Fsp3) is 0.133.